The summed E-state index contributed by atoms with van der Waals surface area (Å²) in [6.07, 6.45) is 5.47. The molecule has 1 atom stereocenters. The maximum Gasteiger partial charge on any atom is 0.0803 e. The molecule has 1 aromatic carbocycles. The van der Waals surface area contributed by atoms with Gasteiger partial charge in [-0.15, -0.1) is 11.6 Å². The summed E-state index contributed by atoms with van der Waals surface area (Å²) in [5, 5.41) is 0.335. The molecule has 0 saturated heterocycles. The van der Waals surface area contributed by atoms with Crippen molar-refractivity contribution in [3.8, 4) is 0 Å². The van der Waals surface area contributed by atoms with Crippen molar-refractivity contribution in [3.05, 3.63) is 64.3 Å². The predicted octanol–water partition coefficient (Wildman–Crippen LogP) is 3.66. The Morgan fingerprint density at radius 2 is 1.88 bits per heavy atom. The van der Waals surface area contributed by atoms with Gasteiger partial charge in [0.15, 0.2) is 0 Å². The van der Waals surface area contributed by atoms with E-state index in [9.17, 15) is 0 Å². The van der Waals surface area contributed by atoms with Gasteiger partial charge in [0.1, 0.15) is 0 Å². The zero-order valence-corrected chi connectivity index (χ0v) is 10.0. The predicted molar refractivity (Wildman–Crippen MR) is 70.3 cm³/mol. The minimum atomic E-state index is -0.266. The molecule has 0 bridgehead atoms. The Kier molecular flexibility index (Phi) is 3.37. The summed E-state index contributed by atoms with van der Waals surface area (Å²) in [5.74, 6) is 0. The lowest BCUT2D eigenvalue weighted by atomic mass is 10.0. The van der Waals surface area contributed by atoms with Crippen LogP contribution in [0.1, 0.15) is 5.56 Å². The molecule has 16 heavy (non-hydrogen) atoms. The van der Waals surface area contributed by atoms with Crippen molar-refractivity contribution in [3.63, 3.8) is 0 Å². The Balaban J connectivity index is 2.36. The number of nitrogens with two attached hydrogens (primary N) is 1. The average Bonchev–Trinajstić information content (AvgIpc) is 2.25. The fraction of sp³-hybridized carbons (Fsp3) is 0.0769. The van der Waals surface area contributed by atoms with Gasteiger partial charge < -0.3 is 5.73 Å². The SMILES string of the molecule is NC1=C[C@@H](Cl)C(=Cc2ccccc2)C(Cl)=C1. The summed E-state index contributed by atoms with van der Waals surface area (Å²) in [6, 6.07) is 9.92. The summed E-state index contributed by atoms with van der Waals surface area (Å²) in [4.78, 5) is 0. The first-order valence-electron chi connectivity index (χ1n) is 4.92. The fourth-order valence-electron chi connectivity index (χ4n) is 1.55. The highest BCUT2D eigenvalue weighted by Gasteiger charge is 2.16. The van der Waals surface area contributed by atoms with Crippen molar-refractivity contribution in [2.75, 3.05) is 0 Å². The van der Waals surface area contributed by atoms with E-state index in [1.807, 2.05) is 36.4 Å². The first kappa shape index (κ1) is 11.3. The van der Waals surface area contributed by atoms with Crippen molar-refractivity contribution in [2.45, 2.75) is 5.38 Å². The third-order valence-electron chi connectivity index (χ3n) is 2.33. The van der Waals surface area contributed by atoms with Crippen molar-refractivity contribution < 1.29 is 0 Å². The van der Waals surface area contributed by atoms with Crippen LogP contribution in [0.4, 0.5) is 0 Å². The van der Waals surface area contributed by atoms with Crippen LogP contribution in [0.2, 0.25) is 0 Å². The maximum atomic E-state index is 6.17. The minimum Gasteiger partial charge on any atom is -0.399 e. The number of rotatable bonds is 1. The van der Waals surface area contributed by atoms with E-state index in [1.54, 1.807) is 12.2 Å². The van der Waals surface area contributed by atoms with Gasteiger partial charge >= 0.3 is 0 Å². The molecule has 1 aliphatic carbocycles. The Labute approximate surface area is 105 Å². The van der Waals surface area contributed by atoms with Crippen molar-refractivity contribution in [2.24, 2.45) is 5.73 Å². The topological polar surface area (TPSA) is 26.0 Å². The van der Waals surface area contributed by atoms with Crippen LogP contribution in [0.3, 0.4) is 0 Å². The molecular formula is C13H11Cl2N. The van der Waals surface area contributed by atoms with Crippen LogP contribution in [-0.2, 0) is 0 Å². The zero-order valence-electron chi connectivity index (χ0n) is 8.53. The second-order valence-corrected chi connectivity index (χ2v) is 4.45. The van der Waals surface area contributed by atoms with Gasteiger partial charge in [-0.25, -0.2) is 0 Å². The molecule has 0 aliphatic heterocycles. The second-order valence-electron chi connectivity index (χ2n) is 3.57. The van der Waals surface area contributed by atoms with Gasteiger partial charge in [0, 0.05) is 10.7 Å². The van der Waals surface area contributed by atoms with Crippen molar-refractivity contribution in [1.82, 2.24) is 0 Å². The molecule has 0 heterocycles. The highest BCUT2D eigenvalue weighted by molar-refractivity contribution is 6.35. The van der Waals surface area contributed by atoms with E-state index >= 15 is 0 Å². The third kappa shape index (κ3) is 2.49. The molecule has 0 fully saturated rings. The summed E-state index contributed by atoms with van der Waals surface area (Å²) in [6.45, 7) is 0. The van der Waals surface area contributed by atoms with Crippen molar-refractivity contribution >= 4 is 29.3 Å². The lowest BCUT2D eigenvalue weighted by Gasteiger charge is -2.15. The van der Waals surface area contributed by atoms with Gasteiger partial charge in [-0.2, -0.15) is 0 Å². The van der Waals surface area contributed by atoms with Crippen LogP contribution in [0.25, 0.3) is 6.08 Å². The Bertz CT molecular complexity index is 472. The number of hydrogen-bond donors (Lipinski definition) is 1. The van der Waals surface area contributed by atoms with Gasteiger partial charge in [-0.1, -0.05) is 41.9 Å². The lowest BCUT2D eigenvalue weighted by molar-refractivity contribution is 1.20. The minimum absolute atomic E-state index is 0.266. The van der Waals surface area contributed by atoms with E-state index in [2.05, 4.69) is 0 Å². The zero-order chi connectivity index (χ0) is 11.5. The Hall–Kier alpha value is -1.18. The number of alkyl halides is 1. The molecule has 2 rings (SSSR count). The molecule has 1 aromatic rings. The quantitative estimate of drug-likeness (QED) is 0.758. The van der Waals surface area contributed by atoms with Crippen LogP contribution in [-0.4, -0.2) is 5.38 Å². The van der Waals surface area contributed by atoms with Gasteiger partial charge in [0.2, 0.25) is 0 Å². The van der Waals surface area contributed by atoms with E-state index in [4.69, 9.17) is 28.9 Å². The number of hydrogen-bond acceptors (Lipinski definition) is 1. The number of benzene rings is 1. The van der Waals surface area contributed by atoms with E-state index in [0.29, 0.717) is 10.7 Å². The Morgan fingerprint density at radius 3 is 2.50 bits per heavy atom. The van der Waals surface area contributed by atoms with Crippen LogP contribution < -0.4 is 5.73 Å². The fourth-order valence-corrected chi connectivity index (χ4v) is 2.23. The molecule has 0 unspecified atom stereocenters. The standard InChI is InChI=1S/C13H11Cl2N/c14-12-7-10(16)8-13(15)11(12)6-9-4-2-1-3-5-9/h1-8,12H,16H2/t12-/m1/s1. The number of halogens is 2. The van der Waals surface area contributed by atoms with E-state index in [0.717, 1.165) is 11.1 Å². The summed E-state index contributed by atoms with van der Waals surface area (Å²) >= 11 is 12.3. The van der Waals surface area contributed by atoms with E-state index in [-0.39, 0.29) is 5.38 Å². The monoisotopic (exact) mass is 251 g/mol. The number of allylic oxidation sites excluding steroid dienone is 4. The average molecular weight is 252 g/mol. The lowest BCUT2D eigenvalue weighted by Crippen LogP contribution is -2.10. The highest BCUT2D eigenvalue weighted by atomic mass is 35.5. The molecule has 3 heteroatoms. The molecule has 2 N–H and O–H groups in total. The molecule has 0 aromatic heterocycles. The van der Waals surface area contributed by atoms with Crippen LogP contribution in [0.5, 0.6) is 0 Å². The van der Waals surface area contributed by atoms with Gasteiger partial charge in [0.25, 0.3) is 0 Å². The Morgan fingerprint density at radius 1 is 1.19 bits per heavy atom. The third-order valence-corrected chi connectivity index (χ3v) is 3.02. The summed E-state index contributed by atoms with van der Waals surface area (Å²) in [7, 11) is 0. The van der Waals surface area contributed by atoms with Crippen LogP contribution in [0.15, 0.2) is 58.8 Å². The normalized spacial score (nSPS) is 22.9. The first-order valence-corrected chi connectivity index (χ1v) is 5.74. The van der Waals surface area contributed by atoms with Crippen LogP contribution in [0, 0.1) is 0 Å². The van der Waals surface area contributed by atoms with Gasteiger partial charge in [0.05, 0.1) is 5.38 Å². The maximum absolute atomic E-state index is 6.17. The van der Waals surface area contributed by atoms with Crippen molar-refractivity contribution in [1.29, 1.82) is 0 Å². The summed E-state index contributed by atoms with van der Waals surface area (Å²) < 4.78 is 0. The second kappa shape index (κ2) is 4.77. The van der Waals surface area contributed by atoms with E-state index < -0.39 is 0 Å². The molecule has 1 aliphatic rings. The molecule has 0 spiro atoms. The highest BCUT2D eigenvalue weighted by Crippen LogP contribution is 2.30. The van der Waals surface area contributed by atoms with Crippen LogP contribution >= 0.6 is 23.2 Å². The molecule has 0 radical (unpaired) electrons. The first-order chi connectivity index (χ1) is 7.66. The van der Waals surface area contributed by atoms with Gasteiger partial charge in [-0.3, -0.25) is 0 Å². The molecular weight excluding hydrogens is 241 g/mol. The molecule has 0 saturated carbocycles. The molecule has 82 valence electrons. The smallest absolute Gasteiger partial charge is 0.0803 e. The largest absolute Gasteiger partial charge is 0.399 e. The molecule has 0 amide bonds. The van der Waals surface area contributed by atoms with E-state index in [1.165, 1.54) is 0 Å². The van der Waals surface area contributed by atoms with Gasteiger partial charge in [-0.05, 0) is 29.4 Å². The molecule has 1 nitrogen and oxygen atoms in total. The summed E-state index contributed by atoms with van der Waals surface area (Å²) in [5.41, 5.74) is 8.22.